The fraction of sp³-hybridized carbons (Fsp3) is 0.208. The summed E-state index contributed by atoms with van der Waals surface area (Å²) >= 11 is 0. The molecule has 9 heteroatoms. The molecule has 0 saturated heterocycles. The zero-order chi connectivity index (χ0) is 23.1. The molecular formula is C24H19F2N3O4. The smallest absolute Gasteiger partial charge is 0.408 e. The number of halogens is 2. The van der Waals surface area contributed by atoms with Gasteiger partial charge in [0.15, 0.2) is 11.6 Å². The van der Waals surface area contributed by atoms with Gasteiger partial charge in [-0.15, -0.1) is 0 Å². The summed E-state index contributed by atoms with van der Waals surface area (Å²) in [7, 11) is 0. The van der Waals surface area contributed by atoms with Crippen molar-refractivity contribution in [2.24, 2.45) is 5.92 Å². The van der Waals surface area contributed by atoms with Crippen molar-refractivity contribution >= 4 is 16.9 Å². The minimum atomic E-state index is -0.796. The van der Waals surface area contributed by atoms with Gasteiger partial charge in [0.1, 0.15) is 17.9 Å². The lowest BCUT2D eigenvalue weighted by molar-refractivity contribution is 0.194. The molecule has 0 spiro atoms. The fourth-order valence-corrected chi connectivity index (χ4v) is 4.07. The summed E-state index contributed by atoms with van der Waals surface area (Å²) < 4.78 is 40.0. The van der Waals surface area contributed by atoms with E-state index in [2.05, 4.69) is 10.5 Å². The molecule has 7 nitrogen and oxygen atoms in total. The van der Waals surface area contributed by atoms with Gasteiger partial charge in [-0.05, 0) is 49.4 Å². The lowest BCUT2D eigenvalue weighted by atomic mass is 10.0. The molecule has 0 radical (unpaired) electrons. The van der Waals surface area contributed by atoms with Crippen molar-refractivity contribution in [3.8, 4) is 11.6 Å². The Morgan fingerprint density at radius 3 is 2.70 bits per heavy atom. The lowest BCUT2D eigenvalue weighted by Gasteiger charge is -2.20. The molecule has 1 aliphatic carbocycles. The first-order valence-electron chi connectivity index (χ1n) is 10.4. The van der Waals surface area contributed by atoms with E-state index in [4.69, 9.17) is 9.26 Å². The summed E-state index contributed by atoms with van der Waals surface area (Å²) in [6.07, 6.45) is 2.27. The quantitative estimate of drug-likeness (QED) is 0.471. The van der Waals surface area contributed by atoms with E-state index in [9.17, 15) is 18.4 Å². The van der Waals surface area contributed by atoms with Crippen LogP contribution in [-0.4, -0.2) is 15.8 Å². The van der Waals surface area contributed by atoms with Crippen LogP contribution in [0.25, 0.3) is 16.6 Å². The normalized spacial score (nSPS) is 14.3. The van der Waals surface area contributed by atoms with E-state index < -0.39 is 29.3 Å². The molecule has 0 unspecified atom stereocenters. The van der Waals surface area contributed by atoms with E-state index in [0.717, 1.165) is 23.5 Å². The molecule has 1 fully saturated rings. The number of benzene rings is 2. The number of fused-ring (bicyclic) bond motifs is 1. The molecule has 4 aromatic rings. The van der Waals surface area contributed by atoms with Crippen LogP contribution in [0, 0.1) is 24.5 Å². The zero-order valence-electron chi connectivity index (χ0n) is 17.5. The number of nitrogens with one attached hydrogen (secondary N) is 1. The van der Waals surface area contributed by atoms with Gasteiger partial charge in [-0.25, -0.2) is 13.6 Å². The Hall–Kier alpha value is -4.01. The second kappa shape index (κ2) is 8.16. The van der Waals surface area contributed by atoms with Crippen LogP contribution in [0.1, 0.15) is 30.1 Å². The van der Waals surface area contributed by atoms with E-state index in [1.807, 2.05) is 0 Å². The maximum atomic E-state index is 14.7. The molecular weight excluding hydrogens is 432 g/mol. The van der Waals surface area contributed by atoms with Gasteiger partial charge in [-0.3, -0.25) is 9.36 Å². The topological polar surface area (TPSA) is 86.4 Å². The Bertz CT molecular complexity index is 1410. The minimum absolute atomic E-state index is 0.0124. The number of rotatable bonds is 5. The standard InChI is InChI=1S/C24H19F2N3O4/c1-13-22(33-24(31)27-21(14-8-9-14)15-4-2-5-16(25)12-15)17-6-3-7-18(26)20(17)23(30)29(13)19-10-11-32-28-19/h2-7,10-12,14,21H,8-9H2,1H3,(H,27,31)/t21-/m0/s1. The Kier molecular flexibility index (Phi) is 5.16. The molecule has 0 aliphatic heterocycles. The summed E-state index contributed by atoms with van der Waals surface area (Å²) in [5.41, 5.74) is 0.225. The SMILES string of the molecule is Cc1c(OC(=O)N[C@H](c2cccc(F)c2)C2CC2)c2cccc(F)c2c(=O)n1-c1ccon1. The van der Waals surface area contributed by atoms with Gasteiger partial charge in [0.05, 0.1) is 17.1 Å². The first kappa shape index (κ1) is 20.9. The predicted molar refractivity (Wildman–Crippen MR) is 115 cm³/mol. The average Bonchev–Trinajstić information content (AvgIpc) is 3.49. The van der Waals surface area contributed by atoms with Gasteiger partial charge < -0.3 is 14.6 Å². The highest BCUT2D eigenvalue weighted by Gasteiger charge is 2.34. The van der Waals surface area contributed by atoms with E-state index in [1.54, 1.807) is 19.1 Å². The average molecular weight is 451 g/mol. The van der Waals surface area contributed by atoms with Crippen molar-refractivity contribution in [1.82, 2.24) is 15.0 Å². The molecule has 33 heavy (non-hydrogen) atoms. The fourth-order valence-electron chi connectivity index (χ4n) is 4.07. The van der Waals surface area contributed by atoms with Gasteiger partial charge in [0.2, 0.25) is 0 Å². The van der Waals surface area contributed by atoms with Gasteiger partial charge in [-0.1, -0.05) is 29.4 Å². The molecule has 1 atom stereocenters. The number of carbonyl (C=O) groups excluding carboxylic acids is 1. The van der Waals surface area contributed by atoms with Gasteiger partial charge in [0.25, 0.3) is 5.56 Å². The molecule has 1 aliphatic rings. The molecule has 2 heterocycles. The third kappa shape index (κ3) is 3.86. The number of amides is 1. The van der Waals surface area contributed by atoms with Crippen LogP contribution in [0.5, 0.6) is 5.75 Å². The second-order valence-corrected chi connectivity index (χ2v) is 7.98. The number of ether oxygens (including phenoxy) is 1. The van der Waals surface area contributed by atoms with Crippen molar-refractivity contribution in [1.29, 1.82) is 0 Å². The maximum Gasteiger partial charge on any atom is 0.413 e. The first-order chi connectivity index (χ1) is 15.9. The van der Waals surface area contributed by atoms with Crippen LogP contribution in [0.2, 0.25) is 0 Å². The first-order valence-corrected chi connectivity index (χ1v) is 10.4. The number of carbonyl (C=O) groups is 1. The number of hydrogen-bond acceptors (Lipinski definition) is 5. The molecule has 1 N–H and O–H groups in total. The summed E-state index contributed by atoms with van der Waals surface area (Å²) in [5, 5.41) is 6.49. The number of aromatic nitrogens is 2. The Morgan fingerprint density at radius 2 is 2.00 bits per heavy atom. The summed E-state index contributed by atoms with van der Waals surface area (Å²) in [6, 6.07) is 11.1. The van der Waals surface area contributed by atoms with Crippen LogP contribution in [0.4, 0.5) is 13.6 Å². The molecule has 0 bridgehead atoms. The molecule has 5 rings (SSSR count). The summed E-state index contributed by atoms with van der Waals surface area (Å²) in [5.74, 6) is -0.846. The van der Waals surface area contributed by atoms with E-state index >= 15 is 0 Å². The Morgan fingerprint density at radius 1 is 1.21 bits per heavy atom. The summed E-state index contributed by atoms with van der Waals surface area (Å²) in [6.45, 7) is 1.56. The highest BCUT2D eigenvalue weighted by Crippen LogP contribution is 2.41. The highest BCUT2D eigenvalue weighted by molar-refractivity contribution is 5.91. The largest absolute Gasteiger partial charge is 0.413 e. The molecule has 2 aromatic heterocycles. The Balaban J connectivity index is 1.55. The number of pyridine rings is 1. The van der Waals surface area contributed by atoms with Gasteiger partial charge in [-0.2, -0.15) is 0 Å². The van der Waals surface area contributed by atoms with Crippen molar-refractivity contribution in [2.75, 3.05) is 0 Å². The molecule has 2 aromatic carbocycles. The number of hydrogen-bond donors (Lipinski definition) is 1. The monoisotopic (exact) mass is 451 g/mol. The lowest BCUT2D eigenvalue weighted by Crippen LogP contribution is -2.33. The van der Waals surface area contributed by atoms with E-state index in [1.165, 1.54) is 36.6 Å². The van der Waals surface area contributed by atoms with Gasteiger partial charge in [0, 0.05) is 11.5 Å². The van der Waals surface area contributed by atoms with Crippen LogP contribution >= 0.6 is 0 Å². The third-order valence-corrected chi connectivity index (χ3v) is 5.76. The van der Waals surface area contributed by atoms with Crippen LogP contribution < -0.4 is 15.6 Å². The van der Waals surface area contributed by atoms with Crippen molar-refractivity contribution in [3.05, 3.63) is 88.0 Å². The molecule has 1 amide bonds. The third-order valence-electron chi connectivity index (χ3n) is 5.76. The number of nitrogens with zero attached hydrogens (tertiary/aromatic N) is 2. The molecule has 168 valence electrons. The van der Waals surface area contributed by atoms with E-state index in [-0.39, 0.29) is 34.0 Å². The Labute approximate surface area is 186 Å². The van der Waals surface area contributed by atoms with Crippen LogP contribution in [0.3, 0.4) is 0 Å². The van der Waals surface area contributed by atoms with Crippen LogP contribution in [0.15, 0.2) is 64.1 Å². The van der Waals surface area contributed by atoms with Gasteiger partial charge >= 0.3 is 6.09 Å². The maximum absolute atomic E-state index is 14.7. The van der Waals surface area contributed by atoms with Crippen molar-refractivity contribution in [3.63, 3.8) is 0 Å². The molecule has 1 saturated carbocycles. The van der Waals surface area contributed by atoms with Crippen molar-refractivity contribution < 1.29 is 22.8 Å². The van der Waals surface area contributed by atoms with Crippen molar-refractivity contribution in [2.45, 2.75) is 25.8 Å². The van der Waals surface area contributed by atoms with E-state index in [0.29, 0.717) is 5.56 Å². The van der Waals surface area contributed by atoms with Crippen LogP contribution in [-0.2, 0) is 0 Å². The second-order valence-electron chi connectivity index (χ2n) is 7.98. The predicted octanol–water partition coefficient (Wildman–Crippen LogP) is 4.81. The highest BCUT2D eigenvalue weighted by atomic mass is 19.1. The zero-order valence-corrected chi connectivity index (χ0v) is 17.5. The summed E-state index contributed by atoms with van der Waals surface area (Å²) in [4.78, 5) is 26.0. The minimum Gasteiger partial charge on any atom is -0.408 e.